The Morgan fingerprint density at radius 1 is 0.966 bits per heavy atom. The van der Waals surface area contributed by atoms with E-state index < -0.39 is 0 Å². The van der Waals surface area contributed by atoms with Crippen molar-refractivity contribution < 1.29 is 23.5 Å². The molecule has 2 N–H and O–H groups in total. The molecular formula is C22H20N2O5. The predicted molar refractivity (Wildman–Crippen MR) is 110 cm³/mol. The Morgan fingerprint density at radius 3 is 2.41 bits per heavy atom. The molecule has 1 heterocycles. The molecule has 29 heavy (non-hydrogen) atoms. The molecule has 0 unspecified atom stereocenters. The molecule has 0 atom stereocenters. The van der Waals surface area contributed by atoms with E-state index in [1.165, 1.54) is 19.4 Å². The fraction of sp³-hybridized carbons (Fsp3) is 0.0909. The molecule has 2 amide bonds. The average Bonchev–Trinajstić information content (AvgIpc) is 3.26. The number of anilines is 2. The van der Waals surface area contributed by atoms with Crippen molar-refractivity contribution in [2.45, 2.75) is 0 Å². The zero-order chi connectivity index (χ0) is 20.6. The topological polar surface area (TPSA) is 89.8 Å². The molecule has 3 rings (SSSR count). The van der Waals surface area contributed by atoms with E-state index in [0.717, 1.165) is 0 Å². The van der Waals surface area contributed by atoms with Crippen LogP contribution < -0.4 is 20.1 Å². The number of benzene rings is 2. The zero-order valence-electron chi connectivity index (χ0n) is 16.0. The van der Waals surface area contributed by atoms with Crippen molar-refractivity contribution in [2.24, 2.45) is 0 Å². The van der Waals surface area contributed by atoms with Crippen LogP contribution in [0.2, 0.25) is 0 Å². The van der Waals surface area contributed by atoms with Crippen molar-refractivity contribution >= 4 is 29.3 Å². The number of nitrogens with one attached hydrogen (secondary N) is 2. The first-order valence-electron chi connectivity index (χ1n) is 8.75. The Kier molecular flexibility index (Phi) is 6.32. The quantitative estimate of drug-likeness (QED) is 0.588. The third-order valence-corrected chi connectivity index (χ3v) is 4.01. The number of ether oxygens (including phenoxy) is 2. The maximum Gasteiger partial charge on any atom is 0.255 e. The van der Waals surface area contributed by atoms with Crippen LogP contribution in [0.25, 0.3) is 6.08 Å². The van der Waals surface area contributed by atoms with E-state index in [2.05, 4.69) is 10.6 Å². The van der Waals surface area contributed by atoms with E-state index in [4.69, 9.17) is 13.9 Å². The summed E-state index contributed by atoms with van der Waals surface area (Å²) in [6.45, 7) is 0. The minimum atomic E-state index is -0.313. The molecule has 0 saturated heterocycles. The highest BCUT2D eigenvalue weighted by Gasteiger charge is 2.11. The van der Waals surface area contributed by atoms with E-state index in [9.17, 15) is 9.59 Å². The molecule has 2 aromatic carbocycles. The highest BCUT2D eigenvalue weighted by atomic mass is 16.5. The maximum atomic E-state index is 12.5. The van der Waals surface area contributed by atoms with Gasteiger partial charge in [0, 0.05) is 23.4 Å². The van der Waals surface area contributed by atoms with Crippen LogP contribution in [0, 0.1) is 0 Å². The molecule has 3 aromatic rings. The summed E-state index contributed by atoms with van der Waals surface area (Å²) in [5.41, 5.74) is 1.49. The van der Waals surface area contributed by atoms with Crippen molar-refractivity contribution in [1.29, 1.82) is 0 Å². The normalized spacial score (nSPS) is 10.6. The summed E-state index contributed by atoms with van der Waals surface area (Å²) in [7, 11) is 3.07. The van der Waals surface area contributed by atoms with Crippen LogP contribution in [0.5, 0.6) is 11.5 Å². The summed E-state index contributed by atoms with van der Waals surface area (Å²) >= 11 is 0. The standard InChI is InChI=1S/C22H20N2O5/c1-27-18-9-11-20(28-2)19(14-18)24-22(26)15-5-7-16(8-6-15)23-21(25)12-10-17-4-3-13-29-17/h3-14H,1-2H3,(H,23,25)(H,24,26)/b12-10+. The van der Waals surface area contributed by atoms with Crippen molar-refractivity contribution in [3.8, 4) is 11.5 Å². The van der Waals surface area contributed by atoms with Crippen LogP contribution >= 0.6 is 0 Å². The van der Waals surface area contributed by atoms with Crippen LogP contribution in [-0.2, 0) is 4.79 Å². The van der Waals surface area contributed by atoms with Crippen molar-refractivity contribution in [3.05, 3.63) is 78.3 Å². The summed E-state index contributed by atoms with van der Waals surface area (Å²) in [5.74, 6) is 1.08. The van der Waals surface area contributed by atoms with Crippen LogP contribution in [-0.4, -0.2) is 26.0 Å². The number of rotatable bonds is 7. The lowest BCUT2D eigenvalue weighted by Gasteiger charge is -2.12. The lowest BCUT2D eigenvalue weighted by Crippen LogP contribution is -2.13. The minimum absolute atomic E-state index is 0.306. The van der Waals surface area contributed by atoms with E-state index in [1.807, 2.05) is 0 Å². The van der Waals surface area contributed by atoms with Crippen molar-refractivity contribution in [3.63, 3.8) is 0 Å². The monoisotopic (exact) mass is 392 g/mol. The Morgan fingerprint density at radius 2 is 1.76 bits per heavy atom. The van der Waals surface area contributed by atoms with E-state index in [0.29, 0.717) is 34.2 Å². The van der Waals surface area contributed by atoms with Crippen molar-refractivity contribution in [2.75, 3.05) is 24.9 Å². The summed E-state index contributed by atoms with van der Waals surface area (Å²) in [4.78, 5) is 24.5. The molecule has 148 valence electrons. The van der Waals surface area contributed by atoms with Gasteiger partial charge >= 0.3 is 0 Å². The third kappa shape index (κ3) is 5.26. The highest BCUT2D eigenvalue weighted by molar-refractivity contribution is 6.06. The van der Waals surface area contributed by atoms with Gasteiger partial charge < -0.3 is 24.5 Å². The minimum Gasteiger partial charge on any atom is -0.497 e. The largest absolute Gasteiger partial charge is 0.497 e. The number of methoxy groups -OCH3 is 2. The van der Waals surface area contributed by atoms with E-state index in [1.54, 1.807) is 67.8 Å². The number of hydrogen-bond acceptors (Lipinski definition) is 5. The van der Waals surface area contributed by atoms with Gasteiger partial charge in [0.25, 0.3) is 5.91 Å². The Hall–Kier alpha value is -4.00. The third-order valence-electron chi connectivity index (χ3n) is 4.01. The Labute approximate surface area is 167 Å². The van der Waals surface area contributed by atoms with Gasteiger partial charge in [0.15, 0.2) is 0 Å². The number of carbonyl (C=O) groups excluding carboxylic acids is 2. The number of carbonyl (C=O) groups is 2. The zero-order valence-corrected chi connectivity index (χ0v) is 16.0. The first kappa shape index (κ1) is 19.8. The van der Waals surface area contributed by atoms with Gasteiger partial charge in [-0.15, -0.1) is 0 Å². The molecule has 1 aromatic heterocycles. The molecule has 0 aliphatic carbocycles. The van der Waals surface area contributed by atoms with Gasteiger partial charge in [-0.3, -0.25) is 9.59 Å². The first-order valence-corrected chi connectivity index (χ1v) is 8.75. The van der Waals surface area contributed by atoms with Gasteiger partial charge in [0.05, 0.1) is 26.2 Å². The highest BCUT2D eigenvalue weighted by Crippen LogP contribution is 2.29. The molecule has 0 spiro atoms. The van der Waals surface area contributed by atoms with E-state index >= 15 is 0 Å². The Bertz CT molecular complexity index is 1010. The summed E-state index contributed by atoms with van der Waals surface area (Å²) in [5, 5.41) is 5.51. The van der Waals surface area contributed by atoms with Crippen molar-refractivity contribution in [1.82, 2.24) is 0 Å². The first-order chi connectivity index (χ1) is 14.1. The summed E-state index contributed by atoms with van der Waals surface area (Å²) in [6.07, 6.45) is 4.47. The van der Waals surface area contributed by atoms with Crippen LogP contribution in [0.1, 0.15) is 16.1 Å². The second kappa shape index (κ2) is 9.27. The summed E-state index contributed by atoms with van der Waals surface area (Å²) in [6, 6.07) is 15.2. The second-order valence-electron chi connectivity index (χ2n) is 5.94. The molecule has 0 saturated carbocycles. The maximum absolute atomic E-state index is 12.5. The molecule has 7 nitrogen and oxygen atoms in total. The number of amides is 2. The van der Waals surface area contributed by atoms with Gasteiger partial charge in [-0.1, -0.05) is 0 Å². The molecule has 7 heteroatoms. The van der Waals surface area contributed by atoms with Gasteiger partial charge in [0.1, 0.15) is 17.3 Å². The fourth-order valence-electron chi connectivity index (χ4n) is 2.54. The summed E-state index contributed by atoms with van der Waals surface area (Å²) < 4.78 is 15.6. The van der Waals surface area contributed by atoms with Crippen LogP contribution in [0.4, 0.5) is 11.4 Å². The van der Waals surface area contributed by atoms with E-state index in [-0.39, 0.29) is 11.8 Å². The van der Waals surface area contributed by atoms with Gasteiger partial charge in [-0.05, 0) is 54.6 Å². The Balaban J connectivity index is 1.64. The molecule has 0 bridgehead atoms. The average molecular weight is 392 g/mol. The molecule has 0 aliphatic rings. The van der Waals surface area contributed by atoms with Crippen LogP contribution in [0.3, 0.4) is 0 Å². The predicted octanol–water partition coefficient (Wildman–Crippen LogP) is 4.20. The number of hydrogen-bond donors (Lipinski definition) is 2. The fourth-order valence-corrected chi connectivity index (χ4v) is 2.54. The SMILES string of the molecule is COc1ccc(OC)c(NC(=O)c2ccc(NC(=O)/C=C/c3ccco3)cc2)c1. The smallest absolute Gasteiger partial charge is 0.255 e. The lowest BCUT2D eigenvalue weighted by molar-refractivity contribution is -0.111. The molecule has 0 aliphatic heterocycles. The second-order valence-corrected chi connectivity index (χ2v) is 5.94. The molecular weight excluding hydrogens is 372 g/mol. The van der Waals surface area contributed by atoms with Gasteiger partial charge in [0.2, 0.25) is 5.91 Å². The van der Waals surface area contributed by atoms with Gasteiger partial charge in [-0.25, -0.2) is 0 Å². The number of furan rings is 1. The van der Waals surface area contributed by atoms with Gasteiger partial charge in [-0.2, -0.15) is 0 Å². The lowest BCUT2D eigenvalue weighted by atomic mass is 10.2. The molecule has 0 radical (unpaired) electrons. The molecule has 0 fully saturated rings. The van der Waals surface area contributed by atoms with Crippen LogP contribution in [0.15, 0.2) is 71.4 Å².